The van der Waals surface area contributed by atoms with Crippen LogP contribution >= 0.6 is 0 Å². The number of rotatable bonds is 11. The van der Waals surface area contributed by atoms with Gasteiger partial charge in [-0.15, -0.1) is 0 Å². The molecule has 0 unspecified atom stereocenters. The minimum atomic E-state index is -3.64. The zero-order chi connectivity index (χ0) is 22.0. The smallest absolute Gasteiger partial charge is 0.308 e. The molecule has 0 fully saturated rings. The number of anilines is 2. The molecule has 2 N–H and O–H groups in total. The van der Waals surface area contributed by atoms with Crippen LogP contribution in [0.15, 0.2) is 47.6 Å². The third kappa shape index (κ3) is 6.78. The van der Waals surface area contributed by atoms with Gasteiger partial charge >= 0.3 is 5.97 Å². The third-order valence-electron chi connectivity index (χ3n) is 4.00. The van der Waals surface area contributed by atoms with E-state index in [0.717, 1.165) is 0 Å². The first-order valence-electron chi connectivity index (χ1n) is 9.43. The molecule has 0 saturated carbocycles. The average Bonchev–Trinajstić information content (AvgIpc) is 2.74. The molecule has 10 nitrogen and oxygen atoms in total. The molecule has 1 heterocycles. The molecule has 2 aromatic rings. The number of amides is 1. The fraction of sp³-hybridized carbons (Fsp3) is 0.368. The maximum absolute atomic E-state index is 12.6. The lowest BCUT2D eigenvalue weighted by molar-refractivity contribution is -0.147. The second-order valence-electron chi connectivity index (χ2n) is 6.08. The number of benzene rings is 1. The highest BCUT2D eigenvalue weighted by Gasteiger charge is 2.21. The van der Waals surface area contributed by atoms with Crippen LogP contribution < -0.4 is 10.6 Å². The van der Waals surface area contributed by atoms with Gasteiger partial charge in [0.05, 0.1) is 11.3 Å². The monoisotopic (exact) mass is 435 g/mol. The average molecular weight is 436 g/mol. The van der Waals surface area contributed by atoms with E-state index in [-0.39, 0.29) is 17.9 Å². The van der Waals surface area contributed by atoms with Crippen LogP contribution in [-0.4, -0.2) is 60.8 Å². The van der Waals surface area contributed by atoms with Gasteiger partial charge in [-0.05, 0) is 24.3 Å². The number of aromatic nitrogens is 2. The first-order chi connectivity index (χ1) is 14.4. The number of nitrogens with one attached hydrogen (secondary N) is 2. The summed E-state index contributed by atoms with van der Waals surface area (Å²) in [5.74, 6) is -0.742. The van der Waals surface area contributed by atoms with Crippen LogP contribution in [0.5, 0.6) is 0 Å². The number of sulfonamides is 1. The molecule has 0 aliphatic carbocycles. The predicted molar refractivity (Wildman–Crippen MR) is 111 cm³/mol. The first kappa shape index (κ1) is 23.2. The van der Waals surface area contributed by atoms with Gasteiger partial charge in [-0.3, -0.25) is 9.59 Å². The summed E-state index contributed by atoms with van der Waals surface area (Å²) in [5, 5.41) is 5.39. The van der Waals surface area contributed by atoms with Crippen molar-refractivity contribution in [2.45, 2.75) is 25.2 Å². The molecule has 1 aromatic carbocycles. The lowest BCUT2D eigenvalue weighted by Crippen LogP contribution is -2.30. The number of carbonyl (C=O) groups excluding carboxylic acids is 2. The van der Waals surface area contributed by atoms with Gasteiger partial charge in [0.2, 0.25) is 16.0 Å². The van der Waals surface area contributed by atoms with Crippen LogP contribution in [-0.2, 0) is 24.3 Å². The highest BCUT2D eigenvalue weighted by atomic mass is 32.2. The van der Waals surface area contributed by atoms with E-state index in [1.54, 1.807) is 38.4 Å². The van der Waals surface area contributed by atoms with E-state index < -0.39 is 28.5 Å². The molecule has 11 heteroatoms. The van der Waals surface area contributed by atoms with Crippen molar-refractivity contribution >= 4 is 33.5 Å². The summed E-state index contributed by atoms with van der Waals surface area (Å²) in [7, 11) is -3.64. The number of carbonyl (C=O) groups is 2. The SMILES string of the molecule is CCN(CC)S(=O)(=O)c1cccc(NC(=O)COC(=O)CCNc2ncccn2)c1. The van der Waals surface area contributed by atoms with E-state index >= 15 is 0 Å². The number of ether oxygens (including phenoxy) is 1. The Kier molecular flexibility index (Phi) is 8.69. The summed E-state index contributed by atoms with van der Waals surface area (Å²) in [5.41, 5.74) is 0.298. The minimum absolute atomic E-state index is 0.0309. The van der Waals surface area contributed by atoms with Crippen LogP contribution in [0.4, 0.5) is 11.6 Å². The summed E-state index contributed by atoms with van der Waals surface area (Å²) in [6.07, 6.45) is 3.17. The standard InChI is InChI=1S/C19H25N5O5S/c1-3-24(4-2)30(27,28)16-8-5-7-15(13-16)23-17(25)14-29-18(26)9-12-22-19-20-10-6-11-21-19/h5-8,10-11,13H,3-4,9,12,14H2,1-2H3,(H,23,25)(H,20,21,22). The number of hydrogen-bond donors (Lipinski definition) is 2. The van der Waals surface area contributed by atoms with Gasteiger partial charge in [0.25, 0.3) is 5.91 Å². The van der Waals surface area contributed by atoms with Crippen LogP contribution in [0, 0.1) is 0 Å². The zero-order valence-electron chi connectivity index (χ0n) is 16.9. The molecule has 0 aliphatic rings. The van der Waals surface area contributed by atoms with Crippen molar-refractivity contribution in [3.05, 3.63) is 42.7 Å². The topological polar surface area (TPSA) is 131 Å². The Bertz CT molecular complexity index is 949. The van der Waals surface area contributed by atoms with E-state index in [0.29, 0.717) is 24.7 Å². The fourth-order valence-electron chi connectivity index (χ4n) is 2.53. The molecule has 0 radical (unpaired) electrons. The van der Waals surface area contributed by atoms with E-state index in [1.165, 1.54) is 22.5 Å². The lowest BCUT2D eigenvalue weighted by atomic mass is 10.3. The van der Waals surface area contributed by atoms with E-state index in [1.807, 2.05) is 0 Å². The third-order valence-corrected chi connectivity index (χ3v) is 6.05. The number of esters is 1. The maximum atomic E-state index is 12.6. The molecule has 1 aromatic heterocycles. The van der Waals surface area contributed by atoms with Crippen molar-refractivity contribution in [3.8, 4) is 0 Å². The van der Waals surface area contributed by atoms with Gasteiger partial charge in [0, 0.05) is 37.7 Å². The minimum Gasteiger partial charge on any atom is -0.456 e. The maximum Gasteiger partial charge on any atom is 0.308 e. The molecule has 0 atom stereocenters. The molecule has 0 saturated heterocycles. The first-order valence-corrected chi connectivity index (χ1v) is 10.9. The highest BCUT2D eigenvalue weighted by molar-refractivity contribution is 7.89. The molecule has 0 bridgehead atoms. The van der Waals surface area contributed by atoms with Crippen LogP contribution in [0.25, 0.3) is 0 Å². The Morgan fingerprint density at radius 1 is 1.10 bits per heavy atom. The van der Waals surface area contributed by atoms with Crippen molar-refractivity contribution in [1.29, 1.82) is 0 Å². The molecule has 0 spiro atoms. The van der Waals surface area contributed by atoms with E-state index in [9.17, 15) is 18.0 Å². The second kappa shape index (κ2) is 11.2. The zero-order valence-corrected chi connectivity index (χ0v) is 17.7. The van der Waals surface area contributed by atoms with E-state index in [4.69, 9.17) is 4.74 Å². The Hall–Kier alpha value is -3.05. The second-order valence-corrected chi connectivity index (χ2v) is 8.01. The lowest BCUT2D eigenvalue weighted by Gasteiger charge is -2.18. The van der Waals surface area contributed by atoms with Gasteiger partial charge in [0.15, 0.2) is 6.61 Å². The quantitative estimate of drug-likeness (QED) is 0.508. The summed E-state index contributed by atoms with van der Waals surface area (Å²) >= 11 is 0. The Morgan fingerprint density at radius 2 is 1.80 bits per heavy atom. The van der Waals surface area contributed by atoms with Crippen molar-refractivity contribution in [3.63, 3.8) is 0 Å². The molecule has 2 rings (SSSR count). The molecule has 1 amide bonds. The van der Waals surface area contributed by atoms with Gasteiger partial charge in [-0.1, -0.05) is 19.9 Å². The predicted octanol–water partition coefficient (Wildman–Crippen LogP) is 1.49. The van der Waals surface area contributed by atoms with Crippen molar-refractivity contribution < 1.29 is 22.7 Å². The van der Waals surface area contributed by atoms with Crippen molar-refractivity contribution in [2.75, 3.05) is 36.9 Å². The Balaban J connectivity index is 1.82. The fourth-order valence-corrected chi connectivity index (χ4v) is 4.03. The molecule has 162 valence electrons. The van der Waals surface area contributed by atoms with Crippen molar-refractivity contribution in [1.82, 2.24) is 14.3 Å². The summed E-state index contributed by atoms with van der Waals surface area (Å²) in [4.78, 5) is 31.8. The van der Waals surface area contributed by atoms with Gasteiger partial charge in [-0.25, -0.2) is 18.4 Å². The van der Waals surface area contributed by atoms with Gasteiger partial charge < -0.3 is 15.4 Å². The molecule has 30 heavy (non-hydrogen) atoms. The van der Waals surface area contributed by atoms with E-state index in [2.05, 4.69) is 20.6 Å². The summed E-state index contributed by atoms with van der Waals surface area (Å²) in [6, 6.07) is 7.61. The van der Waals surface area contributed by atoms with Crippen LogP contribution in [0.1, 0.15) is 20.3 Å². The largest absolute Gasteiger partial charge is 0.456 e. The normalized spacial score (nSPS) is 11.2. The molecular formula is C19H25N5O5S. The van der Waals surface area contributed by atoms with Crippen LogP contribution in [0.2, 0.25) is 0 Å². The van der Waals surface area contributed by atoms with Crippen molar-refractivity contribution in [2.24, 2.45) is 0 Å². The summed E-state index contributed by atoms with van der Waals surface area (Å²) < 4.78 is 31.4. The van der Waals surface area contributed by atoms with Gasteiger partial charge in [-0.2, -0.15) is 4.31 Å². The summed E-state index contributed by atoms with van der Waals surface area (Å²) in [6.45, 7) is 3.98. The number of nitrogens with zero attached hydrogens (tertiary/aromatic N) is 3. The Morgan fingerprint density at radius 3 is 2.47 bits per heavy atom. The highest BCUT2D eigenvalue weighted by Crippen LogP contribution is 2.19. The Labute approximate surface area is 175 Å². The number of hydrogen-bond acceptors (Lipinski definition) is 8. The molecule has 0 aliphatic heterocycles. The van der Waals surface area contributed by atoms with Crippen LogP contribution in [0.3, 0.4) is 0 Å². The van der Waals surface area contributed by atoms with Gasteiger partial charge in [0.1, 0.15) is 0 Å². The molecular weight excluding hydrogens is 410 g/mol.